The highest BCUT2D eigenvalue weighted by atomic mass is 16.1. The summed E-state index contributed by atoms with van der Waals surface area (Å²) in [6, 6.07) is 14.3. The molecule has 0 radical (unpaired) electrons. The maximum absolute atomic E-state index is 12.5. The third kappa shape index (κ3) is 1.92. The van der Waals surface area contributed by atoms with Gasteiger partial charge in [0, 0.05) is 17.2 Å². The van der Waals surface area contributed by atoms with Gasteiger partial charge in [0.1, 0.15) is 0 Å². The van der Waals surface area contributed by atoms with Gasteiger partial charge in [-0.25, -0.2) is 0 Å². The Kier molecular flexibility index (Phi) is 3.31. The molecule has 20 heavy (non-hydrogen) atoms. The van der Waals surface area contributed by atoms with Crippen LogP contribution in [0.15, 0.2) is 42.5 Å². The summed E-state index contributed by atoms with van der Waals surface area (Å²) >= 11 is 0. The Labute approximate surface area is 119 Å². The SMILES string of the molecule is CCc1cccc2c1NC(=O)c1ccccc1C2CC. The van der Waals surface area contributed by atoms with E-state index in [1.165, 1.54) is 11.1 Å². The first-order valence-electron chi connectivity index (χ1n) is 7.28. The van der Waals surface area contributed by atoms with E-state index in [1.807, 2.05) is 18.2 Å². The van der Waals surface area contributed by atoms with Crippen molar-refractivity contribution >= 4 is 11.6 Å². The zero-order chi connectivity index (χ0) is 14.1. The molecule has 0 saturated heterocycles. The fraction of sp³-hybridized carbons (Fsp3) is 0.278. The largest absolute Gasteiger partial charge is 0.321 e. The molecule has 1 aliphatic heterocycles. The van der Waals surface area contributed by atoms with E-state index in [9.17, 15) is 4.79 Å². The molecule has 1 amide bonds. The molecule has 1 N–H and O–H groups in total. The maximum atomic E-state index is 12.5. The molecule has 0 bridgehead atoms. The van der Waals surface area contributed by atoms with Gasteiger partial charge >= 0.3 is 0 Å². The fourth-order valence-electron chi connectivity index (χ4n) is 3.15. The van der Waals surface area contributed by atoms with Crippen LogP contribution in [-0.4, -0.2) is 5.91 Å². The van der Waals surface area contributed by atoms with Gasteiger partial charge in [-0.3, -0.25) is 4.79 Å². The Morgan fingerprint density at radius 3 is 2.50 bits per heavy atom. The van der Waals surface area contributed by atoms with E-state index in [-0.39, 0.29) is 11.8 Å². The van der Waals surface area contributed by atoms with Gasteiger partial charge < -0.3 is 5.32 Å². The molecule has 0 fully saturated rings. The molecule has 0 aromatic heterocycles. The predicted octanol–water partition coefficient (Wildman–Crippen LogP) is 4.36. The number of hydrogen-bond acceptors (Lipinski definition) is 1. The van der Waals surface area contributed by atoms with Crippen molar-refractivity contribution in [2.45, 2.75) is 32.6 Å². The van der Waals surface area contributed by atoms with Gasteiger partial charge in [0.2, 0.25) is 0 Å². The van der Waals surface area contributed by atoms with Gasteiger partial charge in [0.15, 0.2) is 0 Å². The molecule has 2 aromatic carbocycles. The van der Waals surface area contributed by atoms with Crippen LogP contribution in [0.2, 0.25) is 0 Å². The van der Waals surface area contributed by atoms with Crippen molar-refractivity contribution in [1.82, 2.24) is 0 Å². The lowest BCUT2D eigenvalue weighted by molar-refractivity contribution is 0.102. The third-order valence-corrected chi connectivity index (χ3v) is 4.17. The minimum atomic E-state index is 0.0127. The molecule has 102 valence electrons. The number of rotatable bonds is 2. The number of carbonyl (C=O) groups is 1. The summed E-state index contributed by atoms with van der Waals surface area (Å²) in [5, 5.41) is 3.12. The number of aryl methyl sites for hydroxylation is 1. The molecule has 2 heteroatoms. The summed E-state index contributed by atoms with van der Waals surface area (Å²) in [5.74, 6) is 0.297. The molecular formula is C18H19NO. The Bertz CT molecular complexity index is 660. The van der Waals surface area contributed by atoms with E-state index in [0.717, 1.165) is 29.7 Å². The Balaban J connectivity index is 2.27. The smallest absolute Gasteiger partial charge is 0.255 e. The van der Waals surface area contributed by atoms with E-state index < -0.39 is 0 Å². The van der Waals surface area contributed by atoms with Crippen LogP contribution in [0.25, 0.3) is 0 Å². The monoisotopic (exact) mass is 265 g/mol. The molecule has 0 aliphatic carbocycles. The number of fused-ring (bicyclic) bond motifs is 2. The average Bonchev–Trinajstić information content (AvgIpc) is 2.61. The second-order valence-corrected chi connectivity index (χ2v) is 5.24. The summed E-state index contributed by atoms with van der Waals surface area (Å²) in [4.78, 5) is 12.5. The predicted molar refractivity (Wildman–Crippen MR) is 82.3 cm³/mol. The number of amides is 1. The van der Waals surface area contributed by atoms with Crippen LogP contribution in [0.5, 0.6) is 0 Å². The van der Waals surface area contributed by atoms with E-state index in [2.05, 4.69) is 43.4 Å². The number of hydrogen-bond donors (Lipinski definition) is 1. The van der Waals surface area contributed by atoms with Gasteiger partial charge in [-0.2, -0.15) is 0 Å². The van der Waals surface area contributed by atoms with Crippen LogP contribution >= 0.6 is 0 Å². The van der Waals surface area contributed by atoms with Gasteiger partial charge in [-0.1, -0.05) is 50.2 Å². The van der Waals surface area contributed by atoms with E-state index >= 15 is 0 Å². The lowest BCUT2D eigenvalue weighted by Crippen LogP contribution is -2.13. The number of anilines is 1. The second kappa shape index (κ2) is 5.12. The quantitative estimate of drug-likeness (QED) is 0.859. The third-order valence-electron chi connectivity index (χ3n) is 4.17. The zero-order valence-electron chi connectivity index (χ0n) is 11.9. The Morgan fingerprint density at radius 1 is 1.00 bits per heavy atom. The van der Waals surface area contributed by atoms with Gasteiger partial charge in [-0.15, -0.1) is 0 Å². The maximum Gasteiger partial charge on any atom is 0.255 e. The topological polar surface area (TPSA) is 29.1 Å². The summed E-state index contributed by atoms with van der Waals surface area (Å²) in [5.41, 5.74) is 5.41. The Hall–Kier alpha value is -2.09. The van der Waals surface area contributed by atoms with E-state index in [0.29, 0.717) is 0 Å². The first kappa shape index (κ1) is 12.9. The number of nitrogens with one attached hydrogen (secondary N) is 1. The van der Waals surface area contributed by atoms with Crippen LogP contribution in [0, 0.1) is 0 Å². The van der Waals surface area contributed by atoms with Gasteiger partial charge in [0.05, 0.1) is 0 Å². The Morgan fingerprint density at radius 2 is 1.75 bits per heavy atom. The second-order valence-electron chi connectivity index (χ2n) is 5.24. The summed E-state index contributed by atoms with van der Waals surface area (Å²) in [7, 11) is 0. The highest BCUT2D eigenvalue weighted by Gasteiger charge is 2.27. The molecule has 3 rings (SSSR count). The molecule has 1 heterocycles. The lowest BCUT2D eigenvalue weighted by Gasteiger charge is -2.19. The molecule has 1 aliphatic rings. The molecule has 0 spiro atoms. The van der Waals surface area contributed by atoms with Crippen LogP contribution in [-0.2, 0) is 6.42 Å². The highest BCUT2D eigenvalue weighted by Crippen LogP contribution is 2.39. The van der Waals surface area contributed by atoms with Crippen LogP contribution < -0.4 is 5.32 Å². The molecular weight excluding hydrogens is 246 g/mol. The number of para-hydroxylation sites is 1. The van der Waals surface area contributed by atoms with Crippen molar-refractivity contribution in [3.05, 3.63) is 64.7 Å². The first-order valence-corrected chi connectivity index (χ1v) is 7.28. The van der Waals surface area contributed by atoms with Crippen LogP contribution in [0.4, 0.5) is 5.69 Å². The van der Waals surface area contributed by atoms with Gasteiger partial charge in [-0.05, 0) is 35.6 Å². The molecule has 2 aromatic rings. The standard InChI is InChI=1S/C18H19NO/c1-3-12-8-7-11-15-13(4-2)14-9-5-6-10-16(14)18(20)19-17(12)15/h5-11,13H,3-4H2,1-2H3,(H,19,20). The normalized spacial score (nSPS) is 16.9. The molecule has 0 saturated carbocycles. The van der Waals surface area contributed by atoms with Crippen molar-refractivity contribution < 1.29 is 4.79 Å². The fourth-order valence-corrected chi connectivity index (χ4v) is 3.15. The van der Waals surface area contributed by atoms with Crippen molar-refractivity contribution in [1.29, 1.82) is 0 Å². The van der Waals surface area contributed by atoms with E-state index in [1.54, 1.807) is 0 Å². The summed E-state index contributed by atoms with van der Waals surface area (Å²) < 4.78 is 0. The lowest BCUT2D eigenvalue weighted by atomic mass is 9.85. The highest BCUT2D eigenvalue weighted by molar-refractivity contribution is 6.07. The first-order chi connectivity index (χ1) is 9.76. The number of benzene rings is 2. The molecule has 2 nitrogen and oxygen atoms in total. The average molecular weight is 265 g/mol. The minimum absolute atomic E-state index is 0.0127. The van der Waals surface area contributed by atoms with Crippen LogP contribution in [0.3, 0.4) is 0 Å². The van der Waals surface area contributed by atoms with Crippen molar-refractivity contribution in [3.63, 3.8) is 0 Å². The summed E-state index contributed by atoms with van der Waals surface area (Å²) in [6.45, 7) is 4.31. The zero-order valence-corrected chi connectivity index (χ0v) is 11.9. The van der Waals surface area contributed by atoms with E-state index in [4.69, 9.17) is 0 Å². The van der Waals surface area contributed by atoms with Crippen molar-refractivity contribution in [2.24, 2.45) is 0 Å². The molecule has 1 atom stereocenters. The minimum Gasteiger partial charge on any atom is -0.321 e. The summed E-state index contributed by atoms with van der Waals surface area (Å²) in [6.07, 6.45) is 1.92. The number of carbonyl (C=O) groups excluding carboxylic acids is 1. The van der Waals surface area contributed by atoms with Crippen molar-refractivity contribution in [2.75, 3.05) is 5.32 Å². The van der Waals surface area contributed by atoms with Crippen molar-refractivity contribution in [3.8, 4) is 0 Å². The van der Waals surface area contributed by atoms with Gasteiger partial charge in [0.25, 0.3) is 5.91 Å². The molecule has 1 unspecified atom stereocenters. The van der Waals surface area contributed by atoms with Crippen LogP contribution in [0.1, 0.15) is 53.2 Å².